The average Bonchev–Trinajstić information content (AvgIpc) is 1.87. The molecule has 0 aromatic rings. The zero-order chi connectivity index (χ0) is 5.28. The van der Waals surface area contributed by atoms with Crippen LogP contribution in [0.2, 0.25) is 0 Å². The van der Waals surface area contributed by atoms with E-state index in [1.807, 2.05) is 12.1 Å². The predicted molar refractivity (Wildman–Crippen MR) is 28.0 cm³/mol. The third kappa shape index (κ3) is 0.838. The van der Waals surface area contributed by atoms with Gasteiger partial charge >= 0.3 is 0 Å². The van der Waals surface area contributed by atoms with Crippen molar-refractivity contribution < 1.29 is 0 Å². The minimum atomic E-state index is 0.833. The van der Waals surface area contributed by atoms with E-state index in [2.05, 4.69) is 5.43 Å². The van der Waals surface area contributed by atoms with Crippen LogP contribution in [-0.4, -0.2) is 18.6 Å². The van der Waals surface area contributed by atoms with E-state index in [4.69, 9.17) is 5.73 Å². The van der Waals surface area contributed by atoms with E-state index in [1.165, 1.54) is 0 Å². The third-order valence-electron chi connectivity index (χ3n) is 0.890. The van der Waals surface area contributed by atoms with Crippen LogP contribution in [0.4, 0.5) is 0 Å². The van der Waals surface area contributed by atoms with Crippen molar-refractivity contribution in [1.82, 2.24) is 10.4 Å². The number of hydrogen-bond donors (Lipinski definition) is 2. The molecule has 1 aliphatic rings. The molecule has 3 N–H and O–H groups in total. The molecule has 0 aromatic carbocycles. The number of nitrogens with two attached hydrogens (primary N) is 1. The summed E-state index contributed by atoms with van der Waals surface area (Å²) >= 11 is 0. The minimum absolute atomic E-state index is 0.833. The summed E-state index contributed by atoms with van der Waals surface area (Å²) in [6.07, 6.45) is 1.79. The Morgan fingerprint density at radius 3 is 2.86 bits per heavy atom. The van der Waals surface area contributed by atoms with E-state index >= 15 is 0 Å². The highest BCUT2D eigenvalue weighted by atomic mass is 15.5. The van der Waals surface area contributed by atoms with Gasteiger partial charge in [-0.3, -0.25) is 0 Å². The van der Waals surface area contributed by atoms with Crippen molar-refractivity contribution in [3.8, 4) is 0 Å². The lowest BCUT2D eigenvalue weighted by Gasteiger charge is -2.05. The van der Waals surface area contributed by atoms with Crippen LogP contribution in [0.25, 0.3) is 0 Å². The lowest BCUT2D eigenvalue weighted by atomic mass is 10.5. The van der Waals surface area contributed by atoms with Crippen molar-refractivity contribution in [1.29, 1.82) is 0 Å². The van der Waals surface area contributed by atoms with Gasteiger partial charge < -0.3 is 11.2 Å². The molecular weight excluding hydrogens is 90.1 g/mol. The molecule has 40 valence electrons. The van der Waals surface area contributed by atoms with Crippen LogP contribution in [0.15, 0.2) is 11.9 Å². The first-order chi connectivity index (χ1) is 3.29. The minimum Gasteiger partial charge on any atom is -0.400 e. The maximum atomic E-state index is 5.38. The summed E-state index contributed by atoms with van der Waals surface area (Å²) in [5.41, 5.74) is 9.19. The zero-order valence-electron chi connectivity index (χ0n) is 4.31. The molecule has 0 unspecified atom stereocenters. The summed E-state index contributed by atoms with van der Waals surface area (Å²) in [6, 6.07) is 0. The Balaban J connectivity index is 2.42. The maximum absolute atomic E-state index is 5.38. The van der Waals surface area contributed by atoms with Crippen LogP contribution in [0, 0.1) is 0 Å². The Hall–Kier alpha value is -0.700. The predicted octanol–water partition coefficient (Wildman–Crippen LogP) is -0.763. The fraction of sp³-hybridized carbons (Fsp3) is 0.500. The van der Waals surface area contributed by atoms with E-state index in [0.717, 1.165) is 12.2 Å². The summed E-state index contributed by atoms with van der Waals surface area (Å²) in [5, 5.41) is 1.91. The van der Waals surface area contributed by atoms with Crippen LogP contribution >= 0.6 is 0 Å². The van der Waals surface area contributed by atoms with E-state index in [1.54, 1.807) is 6.20 Å². The third-order valence-corrected chi connectivity index (χ3v) is 0.890. The molecule has 0 bridgehead atoms. The second kappa shape index (κ2) is 1.42. The van der Waals surface area contributed by atoms with E-state index in [-0.39, 0.29) is 0 Å². The summed E-state index contributed by atoms with van der Waals surface area (Å²) in [5.74, 6) is 0. The molecule has 0 saturated heterocycles. The SMILES string of the molecule is CN1CC(N)=CN1. The highest BCUT2D eigenvalue weighted by Crippen LogP contribution is 1.91. The first-order valence-electron chi connectivity index (χ1n) is 2.21. The van der Waals surface area contributed by atoms with E-state index in [0.29, 0.717) is 0 Å². The fourth-order valence-electron chi connectivity index (χ4n) is 0.558. The van der Waals surface area contributed by atoms with Crippen LogP contribution < -0.4 is 11.2 Å². The lowest BCUT2D eigenvalue weighted by molar-refractivity contribution is 0.328. The van der Waals surface area contributed by atoms with Gasteiger partial charge in [0, 0.05) is 18.9 Å². The van der Waals surface area contributed by atoms with Crippen molar-refractivity contribution in [2.24, 2.45) is 5.73 Å². The molecule has 1 rings (SSSR count). The topological polar surface area (TPSA) is 41.3 Å². The molecule has 0 aliphatic carbocycles. The Morgan fingerprint density at radius 2 is 2.71 bits per heavy atom. The van der Waals surface area contributed by atoms with Crippen molar-refractivity contribution in [2.75, 3.05) is 13.6 Å². The normalized spacial score (nSPS) is 21.6. The molecule has 0 atom stereocenters. The Labute approximate surface area is 42.8 Å². The second-order valence-corrected chi connectivity index (χ2v) is 1.70. The highest BCUT2D eigenvalue weighted by molar-refractivity contribution is 5.01. The molecule has 7 heavy (non-hydrogen) atoms. The van der Waals surface area contributed by atoms with Gasteiger partial charge in [0.25, 0.3) is 0 Å². The van der Waals surface area contributed by atoms with Crippen LogP contribution in [0.5, 0.6) is 0 Å². The standard InChI is InChI=1S/C4H9N3/c1-7-3-4(5)2-6-7/h2,6H,3,5H2,1H3. The van der Waals surface area contributed by atoms with Gasteiger partial charge in [0.05, 0.1) is 6.54 Å². The molecule has 3 nitrogen and oxygen atoms in total. The average molecular weight is 99.1 g/mol. The van der Waals surface area contributed by atoms with Crippen molar-refractivity contribution in [3.05, 3.63) is 11.9 Å². The number of nitrogens with zero attached hydrogens (tertiary/aromatic N) is 1. The van der Waals surface area contributed by atoms with Gasteiger partial charge in [-0.05, 0) is 0 Å². The van der Waals surface area contributed by atoms with Gasteiger partial charge in [-0.25, -0.2) is 5.01 Å². The Kier molecular flexibility index (Phi) is 0.906. The van der Waals surface area contributed by atoms with Gasteiger partial charge in [0.15, 0.2) is 0 Å². The Bertz CT molecular complexity index is 97.1. The smallest absolute Gasteiger partial charge is 0.0586 e. The van der Waals surface area contributed by atoms with Crippen LogP contribution in [-0.2, 0) is 0 Å². The molecule has 0 amide bonds. The summed E-state index contributed by atoms with van der Waals surface area (Å²) in [4.78, 5) is 0. The summed E-state index contributed by atoms with van der Waals surface area (Å²) < 4.78 is 0. The quantitative estimate of drug-likeness (QED) is 0.419. The molecule has 0 saturated carbocycles. The van der Waals surface area contributed by atoms with Gasteiger partial charge in [-0.15, -0.1) is 0 Å². The van der Waals surface area contributed by atoms with Gasteiger partial charge in [-0.1, -0.05) is 0 Å². The maximum Gasteiger partial charge on any atom is 0.0586 e. The Morgan fingerprint density at radius 1 is 2.00 bits per heavy atom. The molecule has 1 aliphatic heterocycles. The largest absolute Gasteiger partial charge is 0.400 e. The van der Waals surface area contributed by atoms with E-state index in [9.17, 15) is 0 Å². The molecule has 0 spiro atoms. The molecule has 3 heteroatoms. The van der Waals surface area contributed by atoms with Crippen molar-refractivity contribution in [2.45, 2.75) is 0 Å². The number of rotatable bonds is 0. The first-order valence-corrected chi connectivity index (χ1v) is 2.21. The number of nitrogens with one attached hydrogen (secondary N) is 1. The summed E-state index contributed by atoms with van der Waals surface area (Å²) in [7, 11) is 1.94. The highest BCUT2D eigenvalue weighted by Gasteiger charge is 2.02. The second-order valence-electron chi connectivity index (χ2n) is 1.70. The molecule has 1 heterocycles. The molecule has 0 aromatic heterocycles. The van der Waals surface area contributed by atoms with Gasteiger partial charge in [0.2, 0.25) is 0 Å². The monoisotopic (exact) mass is 99.1 g/mol. The summed E-state index contributed by atoms with van der Waals surface area (Å²) in [6.45, 7) is 0.833. The molecular formula is C4H9N3. The van der Waals surface area contributed by atoms with Gasteiger partial charge in [0.1, 0.15) is 0 Å². The molecule has 0 radical (unpaired) electrons. The molecule has 0 fully saturated rings. The van der Waals surface area contributed by atoms with Gasteiger partial charge in [-0.2, -0.15) is 0 Å². The van der Waals surface area contributed by atoms with E-state index < -0.39 is 0 Å². The van der Waals surface area contributed by atoms with Crippen LogP contribution in [0.1, 0.15) is 0 Å². The number of hydrogen-bond acceptors (Lipinski definition) is 3. The number of hydrazine groups is 1. The lowest BCUT2D eigenvalue weighted by Crippen LogP contribution is -2.25. The van der Waals surface area contributed by atoms with Crippen LogP contribution in [0.3, 0.4) is 0 Å². The number of likely N-dealkylation sites (N-methyl/N-ethyl adjacent to an activating group) is 1. The fourth-order valence-corrected chi connectivity index (χ4v) is 0.558. The first kappa shape index (κ1) is 4.46. The zero-order valence-corrected chi connectivity index (χ0v) is 4.31. The van der Waals surface area contributed by atoms with Crippen molar-refractivity contribution in [3.63, 3.8) is 0 Å². The van der Waals surface area contributed by atoms with Crippen molar-refractivity contribution >= 4 is 0 Å².